The average Bonchev–Trinajstić information content (AvgIpc) is 2.78. The van der Waals surface area contributed by atoms with E-state index in [0.717, 1.165) is 4.90 Å². The van der Waals surface area contributed by atoms with Crippen LogP contribution in [-0.2, 0) is 0 Å². The third-order valence-corrected chi connectivity index (χ3v) is 3.04. The molecule has 0 bridgehead atoms. The fraction of sp³-hybridized carbons (Fsp3) is 0.0909. The lowest BCUT2D eigenvalue weighted by molar-refractivity contribution is 0.0690. The van der Waals surface area contributed by atoms with Crippen molar-refractivity contribution in [2.75, 3.05) is 6.26 Å². The van der Waals surface area contributed by atoms with Crippen LogP contribution in [0.25, 0.3) is 11.3 Å². The molecule has 0 aliphatic carbocycles. The molecule has 2 N–H and O–H groups in total. The number of halogens is 1. The van der Waals surface area contributed by atoms with Gasteiger partial charge >= 0.3 is 5.97 Å². The fourth-order valence-corrected chi connectivity index (χ4v) is 2.04. The van der Waals surface area contributed by atoms with E-state index < -0.39 is 5.97 Å². The van der Waals surface area contributed by atoms with Crippen LogP contribution >= 0.6 is 11.8 Å². The van der Waals surface area contributed by atoms with Crippen molar-refractivity contribution in [2.45, 2.75) is 4.90 Å². The molecule has 0 unspecified atom stereocenters. The maximum atomic E-state index is 13.2. The molecule has 17 heavy (non-hydrogen) atoms. The third-order valence-electron chi connectivity index (χ3n) is 2.25. The summed E-state index contributed by atoms with van der Waals surface area (Å²) in [7, 11) is 0. The van der Waals surface area contributed by atoms with Gasteiger partial charge in [-0.05, 0) is 30.5 Å². The van der Waals surface area contributed by atoms with Gasteiger partial charge in [0.2, 0.25) is 0 Å². The minimum atomic E-state index is -1.09. The first-order chi connectivity index (χ1) is 8.11. The number of H-pyrrole nitrogens is 1. The number of nitrogens with one attached hydrogen (secondary N) is 1. The van der Waals surface area contributed by atoms with Crippen LogP contribution in [0.1, 0.15) is 10.5 Å². The first kappa shape index (κ1) is 11.7. The molecule has 4 nitrogen and oxygen atoms in total. The number of aromatic amines is 1. The van der Waals surface area contributed by atoms with Crippen LogP contribution in [0.3, 0.4) is 0 Å². The van der Waals surface area contributed by atoms with Crippen molar-refractivity contribution in [3.05, 3.63) is 35.8 Å². The summed E-state index contributed by atoms with van der Waals surface area (Å²) in [4.78, 5) is 11.6. The number of carboxylic acids is 1. The molecule has 0 fully saturated rings. The van der Waals surface area contributed by atoms with E-state index in [2.05, 4.69) is 10.2 Å². The van der Waals surface area contributed by atoms with Crippen molar-refractivity contribution in [1.82, 2.24) is 10.2 Å². The van der Waals surface area contributed by atoms with E-state index >= 15 is 0 Å². The van der Waals surface area contributed by atoms with Crippen LogP contribution in [0.4, 0.5) is 4.39 Å². The first-order valence-electron chi connectivity index (χ1n) is 4.74. The molecule has 2 rings (SSSR count). The highest BCUT2D eigenvalue weighted by atomic mass is 32.2. The summed E-state index contributed by atoms with van der Waals surface area (Å²) in [5, 5.41) is 15.0. The molecule has 0 spiro atoms. The molecule has 0 aliphatic heterocycles. The smallest absolute Gasteiger partial charge is 0.353 e. The SMILES string of the molecule is CSc1ccc(F)cc1-c1cc(C(=O)O)[nH]n1. The Bertz CT molecular complexity index is 568. The van der Waals surface area contributed by atoms with E-state index in [1.165, 1.54) is 30.0 Å². The number of carboxylic acid groups (broad SMARTS) is 1. The van der Waals surface area contributed by atoms with Gasteiger partial charge in [-0.3, -0.25) is 5.10 Å². The van der Waals surface area contributed by atoms with Crippen molar-refractivity contribution in [2.24, 2.45) is 0 Å². The second kappa shape index (κ2) is 4.58. The Labute approximate surface area is 101 Å². The molecule has 0 saturated heterocycles. The maximum Gasteiger partial charge on any atom is 0.353 e. The van der Waals surface area contributed by atoms with Crippen LogP contribution in [0.5, 0.6) is 0 Å². The molecular weight excluding hydrogens is 243 g/mol. The van der Waals surface area contributed by atoms with Gasteiger partial charge in [0.05, 0.1) is 5.69 Å². The topological polar surface area (TPSA) is 66.0 Å². The van der Waals surface area contributed by atoms with Crippen molar-refractivity contribution in [3.8, 4) is 11.3 Å². The number of carbonyl (C=O) groups is 1. The number of aromatic carboxylic acids is 1. The van der Waals surface area contributed by atoms with Gasteiger partial charge in [-0.2, -0.15) is 5.10 Å². The zero-order valence-corrected chi connectivity index (χ0v) is 9.71. The van der Waals surface area contributed by atoms with E-state index in [9.17, 15) is 9.18 Å². The number of nitrogens with zero attached hydrogens (tertiary/aromatic N) is 1. The molecule has 1 aromatic heterocycles. The fourth-order valence-electron chi connectivity index (χ4n) is 1.45. The maximum absolute atomic E-state index is 13.2. The molecule has 2 aromatic rings. The summed E-state index contributed by atoms with van der Waals surface area (Å²) >= 11 is 1.45. The van der Waals surface area contributed by atoms with Crippen molar-refractivity contribution in [1.29, 1.82) is 0 Å². The quantitative estimate of drug-likeness (QED) is 0.824. The summed E-state index contributed by atoms with van der Waals surface area (Å²) < 4.78 is 13.2. The Morgan fingerprint density at radius 3 is 2.82 bits per heavy atom. The standard InChI is InChI=1S/C11H9FN2O2S/c1-17-10-3-2-6(12)4-7(10)8-5-9(11(15)16)14-13-8/h2-5H,1H3,(H,13,14)(H,15,16). The summed E-state index contributed by atoms with van der Waals surface area (Å²) in [6.45, 7) is 0. The molecule has 0 amide bonds. The zero-order chi connectivity index (χ0) is 12.4. The third kappa shape index (κ3) is 2.31. The minimum absolute atomic E-state index is 0.0173. The van der Waals surface area contributed by atoms with Gasteiger partial charge < -0.3 is 5.11 Å². The number of hydrogen-bond donors (Lipinski definition) is 2. The Balaban J connectivity index is 2.51. The van der Waals surface area contributed by atoms with Crippen LogP contribution in [-0.4, -0.2) is 27.5 Å². The highest BCUT2D eigenvalue weighted by Crippen LogP contribution is 2.29. The molecule has 0 atom stereocenters. The number of benzene rings is 1. The van der Waals surface area contributed by atoms with E-state index in [-0.39, 0.29) is 11.5 Å². The second-order valence-electron chi connectivity index (χ2n) is 3.32. The lowest BCUT2D eigenvalue weighted by atomic mass is 10.1. The number of aromatic nitrogens is 2. The molecule has 6 heteroatoms. The molecule has 1 heterocycles. The molecule has 1 aromatic carbocycles. The molecular formula is C11H9FN2O2S. The monoisotopic (exact) mass is 252 g/mol. The van der Waals surface area contributed by atoms with Crippen LogP contribution in [0.2, 0.25) is 0 Å². The minimum Gasteiger partial charge on any atom is -0.477 e. The number of hydrogen-bond acceptors (Lipinski definition) is 3. The largest absolute Gasteiger partial charge is 0.477 e. The summed E-state index contributed by atoms with van der Waals surface area (Å²) in [5.41, 5.74) is 0.990. The van der Waals surface area contributed by atoms with Gasteiger partial charge in [-0.25, -0.2) is 9.18 Å². The van der Waals surface area contributed by atoms with Crippen LogP contribution in [0, 0.1) is 5.82 Å². The van der Waals surface area contributed by atoms with Crippen molar-refractivity contribution < 1.29 is 14.3 Å². The Kier molecular flexibility index (Phi) is 3.14. The van der Waals surface area contributed by atoms with Gasteiger partial charge in [0.15, 0.2) is 0 Å². The van der Waals surface area contributed by atoms with Gasteiger partial charge in [0, 0.05) is 10.5 Å². The van der Waals surface area contributed by atoms with E-state index in [4.69, 9.17) is 5.11 Å². The Hall–Kier alpha value is -1.82. The highest BCUT2D eigenvalue weighted by Gasteiger charge is 2.12. The van der Waals surface area contributed by atoms with Crippen LogP contribution in [0.15, 0.2) is 29.2 Å². The molecule has 0 saturated carbocycles. The van der Waals surface area contributed by atoms with Gasteiger partial charge in [0.25, 0.3) is 0 Å². The Morgan fingerprint density at radius 1 is 1.47 bits per heavy atom. The zero-order valence-electron chi connectivity index (χ0n) is 8.90. The predicted octanol–water partition coefficient (Wildman–Crippen LogP) is 2.64. The van der Waals surface area contributed by atoms with Crippen molar-refractivity contribution >= 4 is 17.7 Å². The average molecular weight is 252 g/mol. The van der Waals surface area contributed by atoms with E-state index in [1.54, 1.807) is 6.07 Å². The van der Waals surface area contributed by atoms with Crippen LogP contribution < -0.4 is 0 Å². The van der Waals surface area contributed by atoms with Gasteiger partial charge in [-0.1, -0.05) is 0 Å². The second-order valence-corrected chi connectivity index (χ2v) is 4.16. The summed E-state index contributed by atoms with van der Waals surface area (Å²) in [6, 6.07) is 5.73. The Morgan fingerprint density at radius 2 is 2.24 bits per heavy atom. The molecule has 0 radical (unpaired) electrons. The van der Waals surface area contributed by atoms with E-state index in [1.807, 2.05) is 6.26 Å². The lowest BCUT2D eigenvalue weighted by Gasteiger charge is -2.03. The summed E-state index contributed by atoms with van der Waals surface area (Å²) in [5.74, 6) is -1.47. The molecule has 88 valence electrons. The van der Waals surface area contributed by atoms with Crippen molar-refractivity contribution in [3.63, 3.8) is 0 Å². The molecule has 0 aliphatic rings. The number of thioether (sulfide) groups is 1. The lowest BCUT2D eigenvalue weighted by Crippen LogP contribution is -1.95. The van der Waals surface area contributed by atoms with Gasteiger partial charge in [0.1, 0.15) is 11.5 Å². The normalized spacial score (nSPS) is 10.5. The number of rotatable bonds is 3. The highest BCUT2D eigenvalue weighted by molar-refractivity contribution is 7.98. The predicted molar refractivity (Wildman–Crippen MR) is 62.7 cm³/mol. The van der Waals surface area contributed by atoms with E-state index in [0.29, 0.717) is 11.3 Å². The van der Waals surface area contributed by atoms with Gasteiger partial charge in [-0.15, -0.1) is 11.8 Å². The first-order valence-corrected chi connectivity index (χ1v) is 5.97. The summed E-state index contributed by atoms with van der Waals surface area (Å²) in [6.07, 6.45) is 1.86.